The van der Waals surface area contributed by atoms with Crippen LogP contribution in [-0.2, 0) is 22.5 Å². The van der Waals surface area contributed by atoms with Gasteiger partial charge in [0.1, 0.15) is 21.9 Å². The second kappa shape index (κ2) is 11.3. The first-order valence-corrected chi connectivity index (χ1v) is 14.4. The van der Waals surface area contributed by atoms with Gasteiger partial charge in [0, 0.05) is 21.9 Å². The first kappa shape index (κ1) is 26.5. The molecule has 198 valence electrons. The number of hydrogen-bond donors (Lipinski definition) is 1. The van der Waals surface area contributed by atoms with Gasteiger partial charge in [-0.3, -0.25) is 14.2 Å². The van der Waals surface area contributed by atoms with E-state index in [0.29, 0.717) is 26.3 Å². The van der Waals surface area contributed by atoms with E-state index in [2.05, 4.69) is 17.2 Å². The number of ether oxygens (including phenoxy) is 1. The van der Waals surface area contributed by atoms with Crippen LogP contribution in [0.25, 0.3) is 32.5 Å². The van der Waals surface area contributed by atoms with Gasteiger partial charge < -0.3 is 10.1 Å². The molecule has 0 radical (unpaired) electrons. The summed E-state index contributed by atoms with van der Waals surface area (Å²) >= 11 is 2.64. The second-order valence-corrected chi connectivity index (χ2v) is 10.8. The Hall–Kier alpha value is -4.08. The van der Waals surface area contributed by atoms with Crippen LogP contribution >= 0.6 is 22.7 Å². The molecule has 5 aromatic rings. The largest absolute Gasteiger partial charge is 0.462 e. The van der Waals surface area contributed by atoms with E-state index in [1.165, 1.54) is 39.1 Å². The maximum atomic E-state index is 13.4. The third kappa shape index (κ3) is 5.41. The summed E-state index contributed by atoms with van der Waals surface area (Å²) in [5.41, 5.74) is 5.60. The van der Waals surface area contributed by atoms with Crippen LogP contribution in [0.1, 0.15) is 35.3 Å². The third-order valence-electron chi connectivity index (χ3n) is 6.43. The monoisotopic (exact) mass is 557 g/mol. The van der Waals surface area contributed by atoms with Crippen molar-refractivity contribution in [3.63, 3.8) is 0 Å². The molecular weight excluding hydrogens is 530 g/mol. The fourth-order valence-electron chi connectivity index (χ4n) is 4.33. The number of carbonyl (C=O) groups excluding carboxylic acids is 2. The Morgan fingerprint density at radius 3 is 2.31 bits per heavy atom. The molecule has 0 atom stereocenters. The van der Waals surface area contributed by atoms with E-state index in [1.807, 2.05) is 66.2 Å². The number of aryl methyl sites for hydroxylation is 2. The number of hydrogen-bond acceptors (Lipinski definition) is 7. The molecule has 1 amide bonds. The fourth-order valence-corrected chi connectivity index (χ4v) is 6.21. The molecule has 9 heteroatoms. The van der Waals surface area contributed by atoms with E-state index in [1.54, 1.807) is 6.92 Å². The van der Waals surface area contributed by atoms with Gasteiger partial charge in [0.25, 0.3) is 5.56 Å². The molecule has 0 aliphatic carbocycles. The Morgan fingerprint density at radius 1 is 0.949 bits per heavy atom. The third-order valence-corrected chi connectivity index (χ3v) is 8.22. The lowest BCUT2D eigenvalue weighted by molar-refractivity contribution is -0.116. The maximum absolute atomic E-state index is 13.4. The van der Waals surface area contributed by atoms with Crippen LogP contribution in [0.2, 0.25) is 0 Å². The first-order chi connectivity index (χ1) is 18.9. The number of rotatable bonds is 8. The molecule has 0 bridgehead atoms. The molecule has 0 unspecified atom stereocenters. The van der Waals surface area contributed by atoms with Gasteiger partial charge in [0.15, 0.2) is 0 Å². The minimum Gasteiger partial charge on any atom is -0.462 e. The highest BCUT2D eigenvalue weighted by Gasteiger charge is 2.23. The van der Waals surface area contributed by atoms with Gasteiger partial charge in [0.05, 0.1) is 18.3 Å². The molecule has 39 heavy (non-hydrogen) atoms. The van der Waals surface area contributed by atoms with Crippen LogP contribution in [0.4, 0.5) is 5.00 Å². The van der Waals surface area contributed by atoms with Gasteiger partial charge >= 0.3 is 5.97 Å². The molecule has 3 heterocycles. The molecule has 3 aromatic heterocycles. The topological polar surface area (TPSA) is 90.3 Å². The van der Waals surface area contributed by atoms with Crippen LogP contribution in [0.15, 0.2) is 70.4 Å². The van der Waals surface area contributed by atoms with Crippen molar-refractivity contribution in [1.29, 1.82) is 0 Å². The molecular formula is C30H27N3O4S2. The molecule has 0 aliphatic heterocycles. The highest BCUT2D eigenvalue weighted by molar-refractivity contribution is 7.17. The van der Waals surface area contributed by atoms with Crippen LogP contribution < -0.4 is 10.9 Å². The lowest BCUT2D eigenvalue weighted by Gasteiger charge is -2.10. The number of thiophene rings is 2. The molecule has 0 spiro atoms. The zero-order valence-corrected chi connectivity index (χ0v) is 23.4. The summed E-state index contributed by atoms with van der Waals surface area (Å²) in [4.78, 5) is 44.5. The summed E-state index contributed by atoms with van der Waals surface area (Å²) in [6.45, 7) is 5.79. The van der Waals surface area contributed by atoms with Crippen LogP contribution in [-0.4, -0.2) is 28.0 Å². The number of fused-ring (bicyclic) bond motifs is 1. The van der Waals surface area contributed by atoms with E-state index in [4.69, 9.17) is 4.74 Å². The van der Waals surface area contributed by atoms with Crippen LogP contribution in [0.5, 0.6) is 0 Å². The van der Waals surface area contributed by atoms with Crippen LogP contribution in [0, 0.1) is 6.92 Å². The number of carbonyl (C=O) groups is 2. The number of nitrogens with zero attached hydrogens (tertiary/aromatic N) is 2. The van der Waals surface area contributed by atoms with Crippen LogP contribution in [0.3, 0.4) is 0 Å². The van der Waals surface area contributed by atoms with E-state index in [-0.39, 0.29) is 18.7 Å². The van der Waals surface area contributed by atoms with Crippen molar-refractivity contribution in [2.45, 2.75) is 33.7 Å². The SMILES string of the molecule is CCOC(=O)c1c(-c2ccc(C)cc2)csc1NC(=O)Cn1cnc2scc(-c3ccc(CC)cc3)c2c1=O. The summed E-state index contributed by atoms with van der Waals surface area (Å²) in [5.74, 6) is -0.952. The lowest BCUT2D eigenvalue weighted by atomic mass is 10.0. The number of benzene rings is 2. The number of nitrogens with one attached hydrogen (secondary N) is 1. The van der Waals surface area contributed by atoms with Crippen molar-refractivity contribution in [1.82, 2.24) is 9.55 Å². The van der Waals surface area contributed by atoms with Crippen molar-refractivity contribution in [3.8, 4) is 22.3 Å². The van der Waals surface area contributed by atoms with E-state index in [9.17, 15) is 14.4 Å². The van der Waals surface area contributed by atoms with Gasteiger partial charge in [-0.25, -0.2) is 9.78 Å². The quantitative estimate of drug-likeness (QED) is 0.219. The highest BCUT2D eigenvalue weighted by atomic mass is 32.1. The lowest BCUT2D eigenvalue weighted by Crippen LogP contribution is -2.28. The standard InChI is InChI=1S/C30H27N3O4S2/c1-4-19-8-12-21(13-9-19)22-15-38-27-25(22)29(35)33(17-31-27)14-24(34)32-28-26(30(36)37-5-2)23(16-39-28)20-10-6-18(3)7-11-20/h6-13,15-17H,4-5,14H2,1-3H3,(H,32,34). The minimum atomic E-state index is -0.512. The summed E-state index contributed by atoms with van der Waals surface area (Å²) in [6, 6.07) is 15.9. The predicted molar refractivity (Wildman–Crippen MR) is 158 cm³/mol. The van der Waals surface area contributed by atoms with Crippen molar-refractivity contribution >= 4 is 49.8 Å². The summed E-state index contributed by atoms with van der Waals surface area (Å²) in [7, 11) is 0. The van der Waals surface area contributed by atoms with Crippen molar-refractivity contribution in [2.75, 3.05) is 11.9 Å². The number of amides is 1. The number of anilines is 1. The first-order valence-electron chi connectivity index (χ1n) is 12.6. The summed E-state index contributed by atoms with van der Waals surface area (Å²) < 4.78 is 6.59. The van der Waals surface area contributed by atoms with Gasteiger partial charge in [0.2, 0.25) is 5.91 Å². The molecule has 0 aliphatic rings. The zero-order valence-electron chi connectivity index (χ0n) is 21.8. The van der Waals surface area contributed by atoms with Gasteiger partial charge in [-0.15, -0.1) is 22.7 Å². The van der Waals surface area contributed by atoms with E-state index in [0.717, 1.165) is 28.7 Å². The van der Waals surface area contributed by atoms with Crippen molar-refractivity contribution < 1.29 is 14.3 Å². The molecule has 7 nitrogen and oxygen atoms in total. The Kier molecular flexibility index (Phi) is 7.72. The molecule has 0 saturated heterocycles. The average molecular weight is 558 g/mol. The minimum absolute atomic E-state index is 0.209. The van der Waals surface area contributed by atoms with Crippen molar-refractivity contribution in [2.24, 2.45) is 0 Å². The Bertz CT molecular complexity index is 1710. The van der Waals surface area contributed by atoms with Gasteiger partial charge in [-0.1, -0.05) is 61.0 Å². The average Bonchev–Trinajstić information content (AvgIpc) is 3.56. The zero-order chi connectivity index (χ0) is 27.5. The van der Waals surface area contributed by atoms with Gasteiger partial charge in [-0.05, 0) is 37.0 Å². The predicted octanol–water partition coefficient (Wildman–Crippen LogP) is 6.54. The molecule has 0 saturated carbocycles. The molecule has 5 rings (SSSR count). The highest BCUT2D eigenvalue weighted by Crippen LogP contribution is 2.36. The second-order valence-electron chi connectivity index (χ2n) is 9.05. The number of esters is 1. The number of aromatic nitrogens is 2. The smallest absolute Gasteiger partial charge is 0.341 e. The Morgan fingerprint density at radius 2 is 1.62 bits per heavy atom. The molecule has 1 N–H and O–H groups in total. The van der Waals surface area contributed by atoms with Crippen molar-refractivity contribution in [3.05, 3.63) is 92.7 Å². The molecule has 0 fully saturated rings. The van der Waals surface area contributed by atoms with Gasteiger partial charge in [-0.2, -0.15) is 0 Å². The van der Waals surface area contributed by atoms with E-state index < -0.39 is 11.9 Å². The fraction of sp³-hybridized carbons (Fsp3) is 0.200. The normalized spacial score (nSPS) is 11.1. The van der Waals surface area contributed by atoms with E-state index >= 15 is 0 Å². The molecule has 2 aromatic carbocycles. The maximum Gasteiger partial charge on any atom is 0.341 e. The Labute approximate surface area is 233 Å². The Balaban J connectivity index is 1.44. The summed E-state index contributed by atoms with van der Waals surface area (Å²) in [6.07, 6.45) is 2.33. The summed E-state index contributed by atoms with van der Waals surface area (Å²) in [5, 5.41) is 7.44.